The molecule has 4 atom stereocenters. The van der Waals surface area contributed by atoms with Gasteiger partial charge in [0.2, 0.25) is 0 Å². The van der Waals surface area contributed by atoms with E-state index >= 15 is 0 Å². The first kappa shape index (κ1) is 16.4. The van der Waals surface area contributed by atoms with Crippen molar-refractivity contribution in [3.8, 4) is 0 Å². The topological polar surface area (TPSA) is 0 Å². The van der Waals surface area contributed by atoms with Gasteiger partial charge in [0.25, 0.3) is 0 Å². The van der Waals surface area contributed by atoms with Gasteiger partial charge >= 0.3 is 0 Å². The lowest BCUT2D eigenvalue weighted by Crippen LogP contribution is -2.32. The second-order valence-electron chi connectivity index (χ2n) is 5.71. The molecule has 0 aliphatic heterocycles. The van der Waals surface area contributed by atoms with Crippen molar-refractivity contribution in [2.45, 2.75) is 51.6 Å². The van der Waals surface area contributed by atoms with E-state index in [0.717, 1.165) is 0 Å². The van der Waals surface area contributed by atoms with E-state index in [9.17, 15) is 0 Å². The van der Waals surface area contributed by atoms with E-state index in [2.05, 4.69) is 53.8 Å². The molecule has 16 heavy (non-hydrogen) atoms. The van der Waals surface area contributed by atoms with Crippen LogP contribution < -0.4 is 0 Å². The van der Waals surface area contributed by atoms with Crippen LogP contribution in [-0.2, 0) is 0 Å². The molecule has 0 bridgehead atoms. The van der Waals surface area contributed by atoms with Crippen molar-refractivity contribution in [1.82, 2.24) is 0 Å². The summed E-state index contributed by atoms with van der Waals surface area (Å²) in [5.41, 5.74) is 1.30. The van der Waals surface area contributed by atoms with E-state index in [1.807, 2.05) is 0 Å². The lowest BCUT2D eigenvalue weighted by atomic mass is 9.77. The molecule has 0 saturated carbocycles. The van der Waals surface area contributed by atoms with Crippen LogP contribution in [0.5, 0.6) is 0 Å². The predicted molar refractivity (Wildman–Crippen MR) is 79.9 cm³/mol. The first-order chi connectivity index (χ1) is 7.12. The summed E-state index contributed by atoms with van der Waals surface area (Å²) in [5, 5.41) is 0.0920. The van der Waals surface area contributed by atoms with Crippen molar-refractivity contribution < 1.29 is 0 Å². The fourth-order valence-electron chi connectivity index (χ4n) is 1.63. The molecule has 0 nitrogen and oxygen atoms in total. The second kappa shape index (κ2) is 6.40. The molecule has 0 fully saturated rings. The summed E-state index contributed by atoms with van der Waals surface area (Å²) in [6, 6.07) is 0. The molecule has 0 aliphatic rings. The number of alkyl halides is 1. The number of thiol groups is 1. The molecule has 0 saturated heterocycles. The second-order valence-corrected chi connectivity index (χ2v) is 6.81. The highest BCUT2D eigenvalue weighted by Gasteiger charge is 2.30. The molecule has 2 radical (unpaired) electrons. The smallest absolute Gasteiger partial charge is 0.0657 e. The van der Waals surface area contributed by atoms with Crippen LogP contribution in [0.4, 0.5) is 0 Å². The molecule has 0 amide bonds. The minimum absolute atomic E-state index is 0.0116. The highest BCUT2D eigenvalue weighted by atomic mass is 35.5. The SMILES string of the molecule is [B]CC(C)C(Cl)C(S)C(C)C(=C)C(C)(C)C. The van der Waals surface area contributed by atoms with Crippen LogP contribution in [0, 0.1) is 17.3 Å². The van der Waals surface area contributed by atoms with Crippen LogP contribution in [-0.4, -0.2) is 18.5 Å². The summed E-state index contributed by atoms with van der Waals surface area (Å²) in [7, 11) is 5.63. The van der Waals surface area contributed by atoms with Crippen LogP contribution >= 0.6 is 24.2 Å². The third kappa shape index (κ3) is 4.37. The molecular weight excluding hydrogens is 234 g/mol. The quantitative estimate of drug-likeness (QED) is 0.322. The molecule has 0 aromatic rings. The van der Waals surface area contributed by atoms with Crippen molar-refractivity contribution in [2.24, 2.45) is 17.3 Å². The average Bonchev–Trinajstić information content (AvgIpc) is 2.22. The van der Waals surface area contributed by atoms with Crippen molar-refractivity contribution in [3.63, 3.8) is 0 Å². The minimum Gasteiger partial charge on any atom is -0.174 e. The molecule has 0 heterocycles. The molecule has 0 N–H and O–H groups in total. The Morgan fingerprint density at radius 3 is 2.12 bits per heavy atom. The standard InChI is InChI=1S/C13H24BClS/c1-8(7-14)11(15)12(16)9(2)10(3)13(4,5)6/h8-9,11-12,16H,3,7H2,1-2,4-6H3. The zero-order valence-electron chi connectivity index (χ0n) is 11.1. The maximum absolute atomic E-state index is 6.37. The zero-order valence-corrected chi connectivity index (χ0v) is 12.8. The van der Waals surface area contributed by atoms with Crippen LogP contribution in [0.2, 0.25) is 6.32 Å². The molecule has 3 heteroatoms. The van der Waals surface area contributed by atoms with E-state index in [0.29, 0.717) is 12.2 Å². The summed E-state index contributed by atoms with van der Waals surface area (Å²) in [6.45, 7) is 14.9. The van der Waals surface area contributed by atoms with Gasteiger partial charge in [0, 0.05) is 10.6 Å². The summed E-state index contributed by atoms with van der Waals surface area (Å²) in [6.07, 6.45) is 0.597. The number of hydrogen-bond acceptors (Lipinski definition) is 1. The van der Waals surface area contributed by atoms with Crippen LogP contribution in [0.3, 0.4) is 0 Å². The molecule has 0 aromatic heterocycles. The number of hydrogen-bond donors (Lipinski definition) is 1. The van der Waals surface area contributed by atoms with Gasteiger partial charge in [-0.2, -0.15) is 12.6 Å². The lowest BCUT2D eigenvalue weighted by Gasteiger charge is -2.34. The van der Waals surface area contributed by atoms with E-state index < -0.39 is 0 Å². The van der Waals surface area contributed by atoms with Gasteiger partial charge in [-0.3, -0.25) is 0 Å². The maximum atomic E-state index is 6.37. The number of rotatable bonds is 5. The van der Waals surface area contributed by atoms with Crippen molar-refractivity contribution in [2.75, 3.05) is 0 Å². The first-order valence-electron chi connectivity index (χ1n) is 5.84. The van der Waals surface area contributed by atoms with Gasteiger partial charge in [-0.1, -0.05) is 53.1 Å². The number of halogens is 1. The first-order valence-corrected chi connectivity index (χ1v) is 6.79. The summed E-state index contributed by atoms with van der Waals surface area (Å²) >= 11 is 11.0. The van der Waals surface area contributed by atoms with Gasteiger partial charge in [0.05, 0.1) is 7.85 Å². The molecule has 92 valence electrons. The highest BCUT2D eigenvalue weighted by Crippen LogP contribution is 2.36. The Morgan fingerprint density at radius 1 is 1.38 bits per heavy atom. The zero-order chi connectivity index (χ0) is 13.1. The summed E-state index contributed by atoms with van der Waals surface area (Å²) < 4.78 is 0. The Balaban J connectivity index is 4.61. The van der Waals surface area contributed by atoms with E-state index in [-0.39, 0.29) is 22.0 Å². The predicted octanol–water partition coefficient (Wildman–Crippen LogP) is 4.35. The van der Waals surface area contributed by atoms with E-state index in [4.69, 9.17) is 19.4 Å². The lowest BCUT2D eigenvalue weighted by molar-refractivity contribution is 0.412. The highest BCUT2D eigenvalue weighted by molar-refractivity contribution is 7.81. The van der Waals surface area contributed by atoms with Gasteiger partial charge in [0.1, 0.15) is 0 Å². The molecule has 4 unspecified atom stereocenters. The van der Waals surface area contributed by atoms with Crippen LogP contribution in [0.1, 0.15) is 34.6 Å². The third-order valence-electron chi connectivity index (χ3n) is 3.27. The fraction of sp³-hybridized carbons (Fsp3) is 0.846. The third-order valence-corrected chi connectivity index (χ3v) is 4.91. The summed E-state index contributed by atoms with van der Waals surface area (Å²) in [4.78, 5) is 0. The Morgan fingerprint density at radius 2 is 1.81 bits per heavy atom. The van der Waals surface area contributed by atoms with Crippen molar-refractivity contribution in [1.29, 1.82) is 0 Å². The van der Waals surface area contributed by atoms with Gasteiger partial charge in [-0.15, -0.1) is 11.6 Å². The molecule has 0 aliphatic carbocycles. The van der Waals surface area contributed by atoms with Crippen LogP contribution in [0.25, 0.3) is 0 Å². The van der Waals surface area contributed by atoms with Crippen molar-refractivity contribution in [3.05, 3.63) is 12.2 Å². The van der Waals surface area contributed by atoms with Gasteiger partial charge < -0.3 is 0 Å². The largest absolute Gasteiger partial charge is 0.174 e. The van der Waals surface area contributed by atoms with Crippen molar-refractivity contribution >= 4 is 32.1 Å². The molecule has 0 spiro atoms. The maximum Gasteiger partial charge on any atom is 0.0657 e. The Kier molecular flexibility index (Phi) is 6.57. The Labute approximate surface area is 113 Å². The minimum atomic E-state index is -0.0116. The molecular formula is C13H24BClS. The normalized spacial score (nSPS) is 19.9. The summed E-state index contributed by atoms with van der Waals surface area (Å²) in [5.74, 6) is 0.569. The van der Waals surface area contributed by atoms with Gasteiger partial charge in [-0.05, 0) is 17.3 Å². The van der Waals surface area contributed by atoms with Gasteiger partial charge in [-0.25, -0.2) is 0 Å². The van der Waals surface area contributed by atoms with E-state index in [1.165, 1.54) is 5.57 Å². The molecule has 0 rings (SSSR count). The van der Waals surface area contributed by atoms with Crippen LogP contribution in [0.15, 0.2) is 12.2 Å². The monoisotopic (exact) mass is 258 g/mol. The Bertz CT molecular complexity index is 235. The number of allylic oxidation sites excluding steroid dienone is 1. The molecule has 0 aromatic carbocycles. The van der Waals surface area contributed by atoms with E-state index in [1.54, 1.807) is 0 Å². The average molecular weight is 259 g/mol. The fourth-order valence-corrected chi connectivity index (χ4v) is 2.43. The van der Waals surface area contributed by atoms with Gasteiger partial charge in [0.15, 0.2) is 0 Å². The Hall–Kier alpha value is 0.445.